The number of carbonyl (C=O) groups is 2. The summed E-state index contributed by atoms with van der Waals surface area (Å²) >= 11 is 0. The Morgan fingerprint density at radius 2 is 1.67 bits per heavy atom. The molecule has 1 fully saturated rings. The third-order valence-electron chi connectivity index (χ3n) is 5.35. The van der Waals surface area contributed by atoms with Gasteiger partial charge in [0.15, 0.2) is 0 Å². The van der Waals surface area contributed by atoms with E-state index in [4.69, 9.17) is 9.47 Å². The van der Waals surface area contributed by atoms with Crippen LogP contribution in [0, 0.1) is 0 Å². The van der Waals surface area contributed by atoms with Crippen LogP contribution >= 0.6 is 0 Å². The standard InChI is InChI=1S/C23H33N3O4/c1-5-29-16-6-11-26-22(27)20(18-7-9-19(10-8-18)30-17(2)3)21(23(26)28)25-14-12-24(4)13-15-25/h7-10,17H,5-6,11-16H2,1-4H3. The lowest BCUT2D eigenvalue weighted by Gasteiger charge is -2.34. The van der Waals surface area contributed by atoms with Crippen LogP contribution in [0.2, 0.25) is 0 Å². The largest absolute Gasteiger partial charge is 0.491 e. The third kappa shape index (κ3) is 5.02. The fraction of sp³-hybridized carbons (Fsp3) is 0.565. The number of rotatable bonds is 9. The molecule has 1 aromatic rings. The highest BCUT2D eigenvalue weighted by molar-refractivity contribution is 6.35. The summed E-state index contributed by atoms with van der Waals surface area (Å²) in [6.45, 7) is 10.6. The predicted molar refractivity (Wildman–Crippen MR) is 116 cm³/mol. The smallest absolute Gasteiger partial charge is 0.277 e. The Kier molecular flexibility index (Phi) is 7.50. The molecule has 0 saturated carbocycles. The van der Waals surface area contributed by atoms with Crippen molar-refractivity contribution in [1.82, 2.24) is 14.7 Å². The zero-order valence-corrected chi connectivity index (χ0v) is 18.5. The van der Waals surface area contributed by atoms with Crippen LogP contribution < -0.4 is 4.74 Å². The number of benzene rings is 1. The van der Waals surface area contributed by atoms with Crippen molar-refractivity contribution in [2.45, 2.75) is 33.3 Å². The van der Waals surface area contributed by atoms with Gasteiger partial charge in [0.1, 0.15) is 11.4 Å². The average Bonchev–Trinajstić information content (AvgIpc) is 2.96. The van der Waals surface area contributed by atoms with E-state index in [0.717, 1.165) is 37.5 Å². The van der Waals surface area contributed by atoms with Crippen molar-refractivity contribution in [3.05, 3.63) is 35.5 Å². The van der Waals surface area contributed by atoms with E-state index in [2.05, 4.69) is 16.8 Å². The van der Waals surface area contributed by atoms with E-state index in [1.54, 1.807) is 0 Å². The van der Waals surface area contributed by atoms with Gasteiger partial charge in [0.2, 0.25) is 0 Å². The van der Waals surface area contributed by atoms with Crippen LogP contribution in [0.1, 0.15) is 32.8 Å². The molecule has 2 aliphatic rings. The molecule has 0 atom stereocenters. The second-order valence-corrected chi connectivity index (χ2v) is 8.02. The minimum Gasteiger partial charge on any atom is -0.491 e. The van der Waals surface area contributed by atoms with Gasteiger partial charge in [0.25, 0.3) is 11.8 Å². The molecule has 30 heavy (non-hydrogen) atoms. The monoisotopic (exact) mass is 415 g/mol. The minimum atomic E-state index is -0.219. The summed E-state index contributed by atoms with van der Waals surface area (Å²) in [4.78, 5) is 32.3. The molecule has 7 nitrogen and oxygen atoms in total. The van der Waals surface area contributed by atoms with Gasteiger partial charge in [-0.2, -0.15) is 0 Å². The Hall–Kier alpha value is -2.38. The molecule has 0 spiro atoms. The Bertz CT molecular complexity index is 780. The molecular formula is C23H33N3O4. The SMILES string of the molecule is CCOCCCN1C(=O)C(c2ccc(OC(C)C)cc2)=C(N2CCN(C)CC2)C1=O. The van der Waals surface area contributed by atoms with Crippen molar-refractivity contribution < 1.29 is 19.1 Å². The number of amides is 2. The highest BCUT2D eigenvalue weighted by Gasteiger charge is 2.41. The molecule has 0 radical (unpaired) electrons. The summed E-state index contributed by atoms with van der Waals surface area (Å²) in [6.07, 6.45) is 0.710. The molecule has 7 heteroatoms. The number of ether oxygens (including phenoxy) is 2. The highest BCUT2D eigenvalue weighted by atomic mass is 16.5. The fourth-order valence-electron chi connectivity index (χ4n) is 3.79. The van der Waals surface area contributed by atoms with Gasteiger partial charge in [0.05, 0.1) is 11.7 Å². The van der Waals surface area contributed by atoms with Gasteiger partial charge in [-0.25, -0.2) is 0 Å². The molecule has 2 aliphatic heterocycles. The number of hydrogen-bond donors (Lipinski definition) is 0. The van der Waals surface area contributed by atoms with Crippen molar-refractivity contribution in [3.63, 3.8) is 0 Å². The van der Waals surface area contributed by atoms with Gasteiger partial charge < -0.3 is 19.3 Å². The van der Waals surface area contributed by atoms with E-state index in [9.17, 15) is 9.59 Å². The highest BCUT2D eigenvalue weighted by Crippen LogP contribution is 2.33. The van der Waals surface area contributed by atoms with Crippen LogP contribution in [-0.2, 0) is 14.3 Å². The van der Waals surface area contributed by atoms with Gasteiger partial charge >= 0.3 is 0 Å². The second kappa shape index (κ2) is 10.1. The molecular weight excluding hydrogens is 382 g/mol. The lowest BCUT2D eigenvalue weighted by Crippen LogP contribution is -2.46. The number of piperazine rings is 1. The zero-order valence-electron chi connectivity index (χ0n) is 18.5. The van der Waals surface area contributed by atoms with E-state index in [1.807, 2.05) is 45.0 Å². The van der Waals surface area contributed by atoms with Crippen molar-refractivity contribution in [3.8, 4) is 5.75 Å². The Labute approximate surface area is 179 Å². The maximum absolute atomic E-state index is 13.3. The van der Waals surface area contributed by atoms with Crippen molar-refractivity contribution in [2.75, 3.05) is 53.0 Å². The van der Waals surface area contributed by atoms with E-state index in [-0.39, 0.29) is 17.9 Å². The molecule has 164 valence electrons. The summed E-state index contributed by atoms with van der Waals surface area (Å²) in [5.41, 5.74) is 1.78. The number of hydrogen-bond acceptors (Lipinski definition) is 6. The number of carbonyl (C=O) groups excluding carboxylic acids is 2. The number of imide groups is 1. The van der Waals surface area contributed by atoms with E-state index in [0.29, 0.717) is 37.4 Å². The van der Waals surface area contributed by atoms with Crippen molar-refractivity contribution in [2.24, 2.45) is 0 Å². The zero-order chi connectivity index (χ0) is 21.7. The summed E-state index contributed by atoms with van der Waals surface area (Å²) in [6, 6.07) is 7.47. The maximum Gasteiger partial charge on any atom is 0.277 e. The third-order valence-corrected chi connectivity index (χ3v) is 5.35. The van der Waals surface area contributed by atoms with Crippen LogP contribution in [0.25, 0.3) is 5.57 Å². The lowest BCUT2D eigenvalue weighted by atomic mass is 10.0. The van der Waals surface area contributed by atoms with Crippen LogP contribution in [-0.4, -0.2) is 85.6 Å². The van der Waals surface area contributed by atoms with Gasteiger partial charge in [-0.05, 0) is 51.9 Å². The lowest BCUT2D eigenvalue weighted by molar-refractivity contribution is -0.137. The first-order valence-electron chi connectivity index (χ1n) is 10.8. The van der Waals surface area contributed by atoms with E-state index < -0.39 is 0 Å². The molecule has 1 saturated heterocycles. The Balaban J connectivity index is 1.88. The van der Waals surface area contributed by atoms with Crippen LogP contribution in [0.4, 0.5) is 0 Å². The molecule has 0 aliphatic carbocycles. The van der Waals surface area contributed by atoms with Gasteiger partial charge in [-0.1, -0.05) is 12.1 Å². The molecule has 0 N–H and O–H groups in total. The van der Waals surface area contributed by atoms with Crippen LogP contribution in [0.3, 0.4) is 0 Å². The molecule has 1 aromatic carbocycles. The molecule has 0 unspecified atom stereocenters. The average molecular weight is 416 g/mol. The van der Waals surface area contributed by atoms with Gasteiger partial charge in [-0.15, -0.1) is 0 Å². The normalized spacial score (nSPS) is 18.2. The van der Waals surface area contributed by atoms with Crippen LogP contribution in [0.5, 0.6) is 5.75 Å². The first-order chi connectivity index (χ1) is 14.4. The van der Waals surface area contributed by atoms with E-state index in [1.165, 1.54) is 4.90 Å². The van der Waals surface area contributed by atoms with Crippen molar-refractivity contribution in [1.29, 1.82) is 0 Å². The summed E-state index contributed by atoms with van der Waals surface area (Å²) in [5.74, 6) is 0.336. The molecule has 2 heterocycles. The van der Waals surface area contributed by atoms with Gasteiger partial charge in [-0.3, -0.25) is 14.5 Å². The summed E-state index contributed by atoms with van der Waals surface area (Å²) in [7, 11) is 2.07. The fourth-order valence-corrected chi connectivity index (χ4v) is 3.79. The minimum absolute atomic E-state index is 0.0755. The summed E-state index contributed by atoms with van der Waals surface area (Å²) < 4.78 is 11.1. The Morgan fingerprint density at radius 1 is 1.00 bits per heavy atom. The maximum atomic E-state index is 13.3. The molecule has 2 amide bonds. The van der Waals surface area contributed by atoms with Crippen LogP contribution in [0.15, 0.2) is 30.0 Å². The predicted octanol–water partition coefficient (Wildman–Crippen LogP) is 2.23. The van der Waals surface area contributed by atoms with Crippen molar-refractivity contribution >= 4 is 17.4 Å². The van der Waals surface area contributed by atoms with E-state index >= 15 is 0 Å². The second-order valence-electron chi connectivity index (χ2n) is 8.02. The van der Waals surface area contributed by atoms with Gasteiger partial charge in [0, 0.05) is 45.9 Å². The topological polar surface area (TPSA) is 62.3 Å². The summed E-state index contributed by atoms with van der Waals surface area (Å²) in [5, 5.41) is 0. The molecule has 0 aromatic heterocycles. The number of nitrogens with zero attached hydrogens (tertiary/aromatic N) is 3. The Morgan fingerprint density at radius 3 is 2.27 bits per heavy atom. The first-order valence-corrected chi connectivity index (χ1v) is 10.8. The quantitative estimate of drug-likeness (QED) is 0.455. The first kappa shape index (κ1) is 22.3. The number of likely N-dealkylation sites (N-methyl/N-ethyl adjacent to an activating group) is 1. The molecule has 3 rings (SSSR count). The molecule has 0 bridgehead atoms.